The summed E-state index contributed by atoms with van der Waals surface area (Å²) >= 11 is 0. The molecule has 2 amide bonds. The van der Waals surface area contributed by atoms with E-state index in [4.69, 9.17) is 10.5 Å². The van der Waals surface area contributed by atoms with Crippen molar-refractivity contribution >= 4 is 23.2 Å². The van der Waals surface area contributed by atoms with Crippen LogP contribution in [0.2, 0.25) is 0 Å². The lowest BCUT2D eigenvalue weighted by atomic mass is 9.97. The molecule has 2 rings (SSSR count). The van der Waals surface area contributed by atoms with Crippen molar-refractivity contribution in [2.75, 3.05) is 24.3 Å². The Kier molecular flexibility index (Phi) is 3.09. The summed E-state index contributed by atoms with van der Waals surface area (Å²) in [6.45, 7) is 3.61. The lowest BCUT2D eigenvalue weighted by Crippen LogP contribution is -2.64. The Morgan fingerprint density at radius 3 is 2.63 bits per heavy atom. The number of carbonyl (C=O) groups is 2. The zero-order chi connectivity index (χ0) is 14.2. The highest BCUT2D eigenvalue weighted by atomic mass is 16.5. The molecule has 0 atom stereocenters. The maximum Gasteiger partial charge on any atom is 0.251 e. The molecule has 0 saturated carbocycles. The van der Waals surface area contributed by atoms with Gasteiger partial charge in [0.15, 0.2) is 0 Å². The van der Waals surface area contributed by atoms with Gasteiger partial charge in [0.1, 0.15) is 11.3 Å². The number of nitrogens with two attached hydrogens (primary N) is 1. The minimum atomic E-state index is -0.827. The number of methoxy groups -OCH3 is 1. The summed E-state index contributed by atoms with van der Waals surface area (Å²) in [6, 6.07) is 5.16. The summed E-state index contributed by atoms with van der Waals surface area (Å²) < 4.78 is 5.16. The molecule has 1 fully saturated rings. The van der Waals surface area contributed by atoms with Gasteiger partial charge in [-0.1, -0.05) is 0 Å². The van der Waals surface area contributed by atoms with E-state index in [-0.39, 0.29) is 18.4 Å². The van der Waals surface area contributed by atoms with Crippen molar-refractivity contribution in [3.8, 4) is 5.75 Å². The monoisotopic (exact) mass is 263 g/mol. The molecule has 0 bridgehead atoms. The molecular formula is C13H17N3O3. The maximum atomic E-state index is 11.9. The van der Waals surface area contributed by atoms with Crippen molar-refractivity contribution in [2.45, 2.75) is 19.4 Å². The number of ether oxygens (including phenoxy) is 1. The first-order valence-corrected chi connectivity index (χ1v) is 5.91. The molecule has 0 spiro atoms. The summed E-state index contributed by atoms with van der Waals surface area (Å²) in [5, 5.41) is 2.33. The molecule has 19 heavy (non-hydrogen) atoms. The molecule has 0 unspecified atom stereocenters. The molecule has 6 nitrogen and oxygen atoms in total. The van der Waals surface area contributed by atoms with Gasteiger partial charge < -0.3 is 15.4 Å². The highest BCUT2D eigenvalue weighted by Crippen LogP contribution is 2.31. The first kappa shape index (κ1) is 13.2. The molecule has 1 aliphatic heterocycles. The third-order valence-electron chi connectivity index (χ3n) is 3.25. The van der Waals surface area contributed by atoms with Crippen LogP contribution >= 0.6 is 0 Å². The summed E-state index contributed by atoms with van der Waals surface area (Å²) in [4.78, 5) is 25.2. The molecule has 3 N–H and O–H groups in total. The van der Waals surface area contributed by atoms with Crippen molar-refractivity contribution in [3.05, 3.63) is 18.2 Å². The quantitative estimate of drug-likeness (QED) is 0.600. The van der Waals surface area contributed by atoms with Gasteiger partial charge in [-0.3, -0.25) is 14.9 Å². The normalized spacial score (nSPS) is 18.2. The minimum absolute atomic E-state index is 0.103. The van der Waals surface area contributed by atoms with Gasteiger partial charge in [-0.05, 0) is 19.9 Å². The van der Waals surface area contributed by atoms with Crippen molar-refractivity contribution in [3.63, 3.8) is 0 Å². The van der Waals surface area contributed by atoms with E-state index in [1.807, 2.05) is 0 Å². The number of nitrogens with one attached hydrogen (secondary N) is 1. The Labute approximate surface area is 111 Å². The van der Waals surface area contributed by atoms with Crippen LogP contribution in [0, 0.1) is 0 Å². The summed E-state index contributed by atoms with van der Waals surface area (Å²) in [7, 11) is 1.54. The van der Waals surface area contributed by atoms with E-state index < -0.39 is 5.54 Å². The fourth-order valence-electron chi connectivity index (χ4n) is 2.08. The highest BCUT2D eigenvalue weighted by Gasteiger charge is 2.41. The second kappa shape index (κ2) is 4.46. The predicted octanol–water partition coefficient (Wildman–Crippen LogP) is 0.519. The van der Waals surface area contributed by atoms with Crippen LogP contribution in [0.5, 0.6) is 5.75 Å². The SMILES string of the molecule is COc1cc(N)cc(N2CC(=O)NC(=O)C2(C)C)c1. The fourth-order valence-corrected chi connectivity index (χ4v) is 2.08. The third-order valence-corrected chi connectivity index (χ3v) is 3.25. The molecule has 0 aromatic heterocycles. The zero-order valence-electron chi connectivity index (χ0n) is 11.2. The Bertz CT molecular complexity index is 540. The molecule has 0 radical (unpaired) electrons. The number of nitrogen functional groups attached to an aromatic ring is 1. The molecule has 1 aromatic rings. The Hall–Kier alpha value is -2.24. The number of piperazine rings is 1. The fraction of sp³-hybridized carbons (Fsp3) is 0.385. The number of carbonyl (C=O) groups excluding carboxylic acids is 2. The van der Waals surface area contributed by atoms with E-state index >= 15 is 0 Å². The van der Waals surface area contributed by atoms with E-state index in [9.17, 15) is 9.59 Å². The lowest BCUT2D eigenvalue weighted by Gasteiger charge is -2.41. The number of rotatable bonds is 2. The Morgan fingerprint density at radius 1 is 1.32 bits per heavy atom. The third kappa shape index (κ3) is 2.33. The highest BCUT2D eigenvalue weighted by molar-refractivity contribution is 6.06. The molecule has 102 valence electrons. The summed E-state index contributed by atoms with van der Waals surface area (Å²) in [5.74, 6) is -0.0694. The van der Waals surface area contributed by atoms with E-state index in [0.29, 0.717) is 17.1 Å². The second-order valence-electron chi connectivity index (χ2n) is 4.99. The van der Waals surface area contributed by atoms with Gasteiger partial charge in [0.25, 0.3) is 5.91 Å². The topological polar surface area (TPSA) is 84.7 Å². The second-order valence-corrected chi connectivity index (χ2v) is 4.99. The molecule has 6 heteroatoms. The largest absolute Gasteiger partial charge is 0.497 e. The van der Waals surface area contributed by atoms with E-state index in [0.717, 1.165) is 0 Å². The average Bonchev–Trinajstić information content (AvgIpc) is 2.33. The van der Waals surface area contributed by atoms with Gasteiger partial charge in [0, 0.05) is 23.5 Å². The van der Waals surface area contributed by atoms with Crippen molar-refractivity contribution < 1.29 is 14.3 Å². The van der Waals surface area contributed by atoms with Crippen LogP contribution in [0.3, 0.4) is 0 Å². The molecular weight excluding hydrogens is 246 g/mol. The van der Waals surface area contributed by atoms with Crippen LogP contribution in [0.15, 0.2) is 18.2 Å². The first-order chi connectivity index (χ1) is 8.84. The van der Waals surface area contributed by atoms with Gasteiger partial charge in [-0.25, -0.2) is 0 Å². The van der Waals surface area contributed by atoms with Crippen LogP contribution in [0.4, 0.5) is 11.4 Å². The van der Waals surface area contributed by atoms with Crippen LogP contribution in [0.25, 0.3) is 0 Å². The standard InChI is InChI=1S/C13H17N3O3/c1-13(2)12(18)15-11(17)7-16(13)9-4-8(14)5-10(6-9)19-3/h4-6H,7,14H2,1-3H3,(H,15,17,18). The predicted molar refractivity (Wildman–Crippen MR) is 72.0 cm³/mol. The van der Waals surface area contributed by atoms with E-state index in [1.165, 1.54) is 7.11 Å². The number of anilines is 2. The average molecular weight is 263 g/mol. The maximum absolute atomic E-state index is 11.9. The van der Waals surface area contributed by atoms with Gasteiger partial charge in [-0.15, -0.1) is 0 Å². The summed E-state index contributed by atoms with van der Waals surface area (Å²) in [5.41, 5.74) is 6.18. The Morgan fingerprint density at radius 2 is 2.00 bits per heavy atom. The number of benzene rings is 1. The van der Waals surface area contributed by atoms with Crippen LogP contribution in [-0.4, -0.2) is 31.0 Å². The van der Waals surface area contributed by atoms with Gasteiger partial charge >= 0.3 is 0 Å². The summed E-state index contributed by atoms with van der Waals surface area (Å²) in [6.07, 6.45) is 0. The molecule has 1 saturated heterocycles. The number of hydrogen-bond acceptors (Lipinski definition) is 5. The molecule has 1 aromatic carbocycles. The molecule has 1 heterocycles. The zero-order valence-corrected chi connectivity index (χ0v) is 11.2. The molecule has 0 aliphatic carbocycles. The van der Waals surface area contributed by atoms with Gasteiger partial charge in [0.2, 0.25) is 5.91 Å². The van der Waals surface area contributed by atoms with E-state index in [2.05, 4.69) is 5.32 Å². The minimum Gasteiger partial charge on any atom is -0.497 e. The van der Waals surface area contributed by atoms with E-state index in [1.54, 1.807) is 36.9 Å². The molecule has 1 aliphatic rings. The smallest absolute Gasteiger partial charge is 0.251 e. The van der Waals surface area contributed by atoms with Crippen LogP contribution in [0.1, 0.15) is 13.8 Å². The number of amides is 2. The lowest BCUT2D eigenvalue weighted by molar-refractivity contribution is -0.135. The van der Waals surface area contributed by atoms with Crippen molar-refractivity contribution in [1.29, 1.82) is 0 Å². The van der Waals surface area contributed by atoms with Crippen molar-refractivity contribution in [1.82, 2.24) is 5.32 Å². The number of imide groups is 1. The number of nitrogens with zero attached hydrogens (tertiary/aromatic N) is 1. The van der Waals surface area contributed by atoms with Crippen LogP contribution in [-0.2, 0) is 9.59 Å². The first-order valence-electron chi connectivity index (χ1n) is 5.91. The Balaban J connectivity index is 2.46. The van der Waals surface area contributed by atoms with Gasteiger partial charge in [0.05, 0.1) is 13.7 Å². The number of hydrogen-bond donors (Lipinski definition) is 2. The van der Waals surface area contributed by atoms with Gasteiger partial charge in [-0.2, -0.15) is 0 Å². The van der Waals surface area contributed by atoms with Crippen LogP contribution < -0.4 is 20.7 Å². The van der Waals surface area contributed by atoms with Crippen molar-refractivity contribution in [2.24, 2.45) is 0 Å².